The summed E-state index contributed by atoms with van der Waals surface area (Å²) < 4.78 is 5.19. The molecule has 1 saturated heterocycles. The highest BCUT2D eigenvalue weighted by molar-refractivity contribution is 5.78. The Bertz CT molecular complexity index is 271. The van der Waals surface area contributed by atoms with E-state index in [0.29, 0.717) is 26.1 Å². The van der Waals surface area contributed by atoms with Crippen molar-refractivity contribution in [1.29, 1.82) is 0 Å². The standard InChI is InChI=1S/C11H20N2O3/c1-11(2,3)16-10(15)4-6-13-7-5-12-9(14)8-13/h4-8H2,1-3H3,(H,12,14). The lowest BCUT2D eigenvalue weighted by atomic mass is 10.2. The molecule has 0 atom stereocenters. The monoisotopic (exact) mass is 228 g/mol. The van der Waals surface area contributed by atoms with E-state index in [0.717, 1.165) is 6.54 Å². The molecule has 1 amide bonds. The van der Waals surface area contributed by atoms with E-state index >= 15 is 0 Å². The third-order valence-electron chi connectivity index (χ3n) is 2.17. The molecule has 0 unspecified atom stereocenters. The van der Waals surface area contributed by atoms with E-state index in [4.69, 9.17) is 4.74 Å². The number of nitrogens with one attached hydrogen (secondary N) is 1. The molecule has 1 aliphatic rings. The first-order valence-corrected chi connectivity index (χ1v) is 5.58. The molecule has 0 aromatic heterocycles. The van der Waals surface area contributed by atoms with Crippen LogP contribution >= 0.6 is 0 Å². The van der Waals surface area contributed by atoms with E-state index < -0.39 is 5.60 Å². The smallest absolute Gasteiger partial charge is 0.307 e. The third kappa shape index (κ3) is 5.11. The maximum atomic E-state index is 11.4. The average Bonchev–Trinajstić information content (AvgIpc) is 2.12. The van der Waals surface area contributed by atoms with Crippen LogP contribution in [0.4, 0.5) is 0 Å². The van der Waals surface area contributed by atoms with Crippen molar-refractivity contribution in [3.05, 3.63) is 0 Å². The molecule has 0 bridgehead atoms. The van der Waals surface area contributed by atoms with Gasteiger partial charge in [0.25, 0.3) is 0 Å². The van der Waals surface area contributed by atoms with Gasteiger partial charge in [0.05, 0.1) is 13.0 Å². The zero-order valence-electron chi connectivity index (χ0n) is 10.2. The number of amides is 1. The van der Waals surface area contributed by atoms with Gasteiger partial charge in [0.15, 0.2) is 0 Å². The van der Waals surface area contributed by atoms with Crippen LogP contribution in [0.5, 0.6) is 0 Å². The summed E-state index contributed by atoms with van der Waals surface area (Å²) in [6, 6.07) is 0. The van der Waals surface area contributed by atoms with Gasteiger partial charge in [-0.25, -0.2) is 0 Å². The van der Waals surface area contributed by atoms with Crippen LogP contribution in [0.3, 0.4) is 0 Å². The Hall–Kier alpha value is -1.10. The lowest BCUT2D eigenvalue weighted by Crippen LogP contribution is -2.48. The SMILES string of the molecule is CC(C)(C)OC(=O)CCN1CCNC(=O)C1. The van der Waals surface area contributed by atoms with Gasteiger partial charge in [-0.2, -0.15) is 0 Å². The van der Waals surface area contributed by atoms with Crippen molar-refractivity contribution in [3.63, 3.8) is 0 Å². The molecule has 0 aromatic rings. The molecular formula is C11H20N2O3. The first kappa shape index (κ1) is 13.0. The molecule has 0 spiro atoms. The number of hydrogen-bond donors (Lipinski definition) is 1. The van der Waals surface area contributed by atoms with Gasteiger partial charge in [0.2, 0.25) is 5.91 Å². The van der Waals surface area contributed by atoms with E-state index in [2.05, 4.69) is 5.32 Å². The summed E-state index contributed by atoms with van der Waals surface area (Å²) in [5, 5.41) is 2.74. The maximum absolute atomic E-state index is 11.4. The van der Waals surface area contributed by atoms with Gasteiger partial charge >= 0.3 is 5.97 Å². The van der Waals surface area contributed by atoms with E-state index in [1.165, 1.54) is 0 Å². The quantitative estimate of drug-likeness (QED) is 0.699. The molecule has 5 heteroatoms. The summed E-state index contributed by atoms with van der Waals surface area (Å²) in [5.41, 5.74) is -0.434. The molecule has 16 heavy (non-hydrogen) atoms. The second-order valence-corrected chi connectivity index (χ2v) is 4.96. The molecule has 0 radical (unpaired) electrons. The topological polar surface area (TPSA) is 58.6 Å². The van der Waals surface area contributed by atoms with Crippen molar-refractivity contribution in [2.24, 2.45) is 0 Å². The number of ether oxygens (including phenoxy) is 1. The minimum absolute atomic E-state index is 0.0236. The maximum Gasteiger partial charge on any atom is 0.307 e. The Balaban J connectivity index is 2.23. The van der Waals surface area contributed by atoms with Gasteiger partial charge in [0.1, 0.15) is 5.60 Å². The van der Waals surface area contributed by atoms with Crippen LogP contribution in [0.15, 0.2) is 0 Å². The highest BCUT2D eigenvalue weighted by atomic mass is 16.6. The Morgan fingerprint density at radius 2 is 2.19 bits per heavy atom. The second-order valence-electron chi connectivity index (χ2n) is 4.96. The van der Waals surface area contributed by atoms with Crippen molar-refractivity contribution in [2.45, 2.75) is 32.8 Å². The summed E-state index contributed by atoms with van der Waals surface area (Å²) in [4.78, 5) is 24.5. The lowest BCUT2D eigenvalue weighted by molar-refractivity contribution is -0.155. The number of hydrogen-bond acceptors (Lipinski definition) is 4. The highest BCUT2D eigenvalue weighted by Crippen LogP contribution is 2.08. The molecule has 1 rings (SSSR count). The molecule has 1 N–H and O–H groups in total. The molecule has 1 heterocycles. The number of carbonyl (C=O) groups excluding carboxylic acids is 2. The van der Waals surface area contributed by atoms with Crippen LogP contribution in [0.2, 0.25) is 0 Å². The fourth-order valence-corrected chi connectivity index (χ4v) is 1.52. The van der Waals surface area contributed by atoms with Crippen LogP contribution in [0.25, 0.3) is 0 Å². The molecular weight excluding hydrogens is 208 g/mol. The average molecular weight is 228 g/mol. The highest BCUT2D eigenvalue weighted by Gasteiger charge is 2.19. The lowest BCUT2D eigenvalue weighted by Gasteiger charge is -2.26. The second kappa shape index (κ2) is 5.30. The van der Waals surface area contributed by atoms with Crippen molar-refractivity contribution in [3.8, 4) is 0 Å². The molecule has 0 saturated carbocycles. The summed E-state index contributed by atoms with van der Waals surface area (Å²) in [6.45, 7) is 7.96. The van der Waals surface area contributed by atoms with Crippen molar-refractivity contribution in [2.75, 3.05) is 26.2 Å². The number of nitrogens with zero attached hydrogens (tertiary/aromatic N) is 1. The minimum Gasteiger partial charge on any atom is -0.460 e. The number of rotatable bonds is 3. The van der Waals surface area contributed by atoms with Gasteiger partial charge in [0, 0.05) is 19.6 Å². The summed E-state index contributed by atoms with van der Waals surface area (Å²) in [7, 11) is 0. The molecule has 1 aliphatic heterocycles. The van der Waals surface area contributed by atoms with E-state index in [1.54, 1.807) is 0 Å². The molecule has 0 aromatic carbocycles. The van der Waals surface area contributed by atoms with Crippen molar-refractivity contribution >= 4 is 11.9 Å². The fourth-order valence-electron chi connectivity index (χ4n) is 1.52. The van der Waals surface area contributed by atoms with Crippen LogP contribution in [-0.2, 0) is 14.3 Å². The van der Waals surface area contributed by atoms with Crippen LogP contribution in [0.1, 0.15) is 27.2 Å². The Labute approximate surface area is 96.1 Å². The van der Waals surface area contributed by atoms with Crippen molar-refractivity contribution in [1.82, 2.24) is 10.2 Å². The van der Waals surface area contributed by atoms with E-state index in [9.17, 15) is 9.59 Å². The molecule has 1 fully saturated rings. The zero-order valence-corrected chi connectivity index (χ0v) is 10.2. The first-order chi connectivity index (χ1) is 7.37. The Kier molecular flexibility index (Phi) is 4.29. The Morgan fingerprint density at radius 1 is 1.50 bits per heavy atom. The molecule has 5 nitrogen and oxygen atoms in total. The number of carbonyl (C=O) groups is 2. The van der Waals surface area contributed by atoms with Crippen LogP contribution in [0, 0.1) is 0 Å². The summed E-state index contributed by atoms with van der Waals surface area (Å²) in [5.74, 6) is -0.186. The van der Waals surface area contributed by atoms with E-state index in [1.807, 2.05) is 25.7 Å². The van der Waals surface area contributed by atoms with Crippen LogP contribution < -0.4 is 5.32 Å². The molecule has 0 aliphatic carbocycles. The largest absolute Gasteiger partial charge is 0.460 e. The van der Waals surface area contributed by atoms with Gasteiger partial charge in [-0.05, 0) is 20.8 Å². The van der Waals surface area contributed by atoms with E-state index in [-0.39, 0.29) is 11.9 Å². The molecule has 92 valence electrons. The predicted molar refractivity (Wildman–Crippen MR) is 59.9 cm³/mol. The summed E-state index contributed by atoms with van der Waals surface area (Å²) in [6.07, 6.45) is 0.338. The zero-order chi connectivity index (χ0) is 12.2. The van der Waals surface area contributed by atoms with Gasteiger partial charge in [-0.15, -0.1) is 0 Å². The minimum atomic E-state index is -0.434. The fraction of sp³-hybridized carbons (Fsp3) is 0.818. The Morgan fingerprint density at radius 3 is 2.75 bits per heavy atom. The van der Waals surface area contributed by atoms with Gasteiger partial charge < -0.3 is 10.1 Å². The van der Waals surface area contributed by atoms with Crippen molar-refractivity contribution < 1.29 is 14.3 Å². The number of esters is 1. The van der Waals surface area contributed by atoms with Gasteiger partial charge in [-0.1, -0.05) is 0 Å². The van der Waals surface area contributed by atoms with Gasteiger partial charge in [-0.3, -0.25) is 14.5 Å². The summed E-state index contributed by atoms with van der Waals surface area (Å²) >= 11 is 0. The predicted octanol–water partition coefficient (Wildman–Crippen LogP) is 0.150. The van der Waals surface area contributed by atoms with Crippen LogP contribution in [-0.4, -0.2) is 48.6 Å². The third-order valence-corrected chi connectivity index (χ3v) is 2.17. The first-order valence-electron chi connectivity index (χ1n) is 5.58. The normalized spacial score (nSPS) is 18.1. The number of piperazine rings is 1.